The lowest BCUT2D eigenvalue weighted by Crippen LogP contribution is -1.99. The number of rotatable bonds is 8. The molecule has 286 valence electrons. The molecule has 61 heavy (non-hydrogen) atoms. The van der Waals surface area contributed by atoms with E-state index >= 15 is 0 Å². The summed E-state index contributed by atoms with van der Waals surface area (Å²) in [5.74, 6) is 0.687. The van der Waals surface area contributed by atoms with Crippen molar-refractivity contribution in [3.05, 3.63) is 237 Å². The average molecular weight is 778 g/mol. The number of benzene rings is 9. The summed E-state index contributed by atoms with van der Waals surface area (Å²) in [5.41, 5.74) is 17.8. The first kappa shape index (κ1) is 36.0. The molecule has 3 heteroatoms. The van der Waals surface area contributed by atoms with Crippen LogP contribution in [0.2, 0.25) is 0 Å². The highest BCUT2D eigenvalue weighted by molar-refractivity contribution is 6.14. The van der Waals surface area contributed by atoms with Gasteiger partial charge in [-0.2, -0.15) is 0 Å². The topological polar surface area (TPSA) is 30.7 Å². The van der Waals surface area contributed by atoms with E-state index in [4.69, 9.17) is 9.97 Å². The van der Waals surface area contributed by atoms with Crippen molar-refractivity contribution in [2.75, 3.05) is 0 Å². The van der Waals surface area contributed by atoms with Crippen LogP contribution in [0.1, 0.15) is 0 Å². The fraction of sp³-hybridized carbons (Fsp3) is 0. The number of fused-ring (bicyclic) bond motifs is 3. The summed E-state index contributed by atoms with van der Waals surface area (Å²) in [5, 5.41) is 2.17. The van der Waals surface area contributed by atoms with Crippen LogP contribution in [0.15, 0.2) is 237 Å². The van der Waals surface area contributed by atoms with Crippen LogP contribution >= 0.6 is 0 Å². The van der Waals surface area contributed by atoms with E-state index in [1.54, 1.807) is 0 Å². The zero-order valence-electron chi connectivity index (χ0n) is 33.4. The summed E-state index contributed by atoms with van der Waals surface area (Å²) in [6.45, 7) is 0. The first-order valence-corrected chi connectivity index (χ1v) is 20.7. The fourth-order valence-corrected chi connectivity index (χ4v) is 8.59. The van der Waals surface area contributed by atoms with Gasteiger partial charge in [-0.15, -0.1) is 0 Å². The van der Waals surface area contributed by atoms with E-state index in [0.29, 0.717) is 5.82 Å². The Balaban J connectivity index is 0.968. The number of para-hydroxylation sites is 2. The molecule has 0 fully saturated rings. The summed E-state index contributed by atoms with van der Waals surface area (Å²) >= 11 is 0. The van der Waals surface area contributed by atoms with Gasteiger partial charge in [0, 0.05) is 22.2 Å². The van der Waals surface area contributed by atoms with E-state index in [0.717, 1.165) is 61.1 Å². The molecule has 0 aliphatic heterocycles. The molecule has 2 aromatic heterocycles. The SMILES string of the molecule is c1ccc(-c2cc(-c3ccccc3)cc(-c3ccc(-c4cccc(-c5cccc(-c6nc(-c7ccccc7)c7c8ccccc8n(-c8ccccc8)c7n6)c5)c4)cc3)c2)cc1. The smallest absolute Gasteiger partial charge is 0.162 e. The number of hydrogen-bond acceptors (Lipinski definition) is 2. The first-order valence-electron chi connectivity index (χ1n) is 20.7. The minimum atomic E-state index is 0.687. The number of nitrogens with zero attached hydrogens (tertiary/aromatic N) is 3. The Morgan fingerprint density at radius 1 is 0.279 bits per heavy atom. The molecular formula is C58H39N3. The third-order valence-corrected chi connectivity index (χ3v) is 11.6. The molecule has 0 N–H and O–H groups in total. The van der Waals surface area contributed by atoms with Gasteiger partial charge < -0.3 is 0 Å². The largest absolute Gasteiger partial charge is 0.294 e. The minimum Gasteiger partial charge on any atom is -0.294 e. The molecule has 0 amide bonds. The molecule has 3 nitrogen and oxygen atoms in total. The summed E-state index contributed by atoms with van der Waals surface area (Å²) in [6, 6.07) is 84.1. The Labute approximate surface area is 355 Å². The van der Waals surface area contributed by atoms with E-state index in [1.165, 1.54) is 38.9 Å². The van der Waals surface area contributed by atoms with Crippen LogP contribution in [0, 0.1) is 0 Å². The Bertz CT molecular complexity index is 3260. The molecule has 0 radical (unpaired) electrons. The van der Waals surface area contributed by atoms with E-state index in [-0.39, 0.29) is 0 Å². The first-order chi connectivity index (χ1) is 30.2. The third-order valence-electron chi connectivity index (χ3n) is 11.6. The van der Waals surface area contributed by atoms with Gasteiger partial charge >= 0.3 is 0 Å². The maximum absolute atomic E-state index is 5.38. The van der Waals surface area contributed by atoms with Crippen molar-refractivity contribution < 1.29 is 0 Å². The number of aromatic nitrogens is 3. The van der Waals surface area contributed by atoms with Gasteiger partial charge in [-0.05, 0) is 104 Å². The summed E-state index contributed by atoms with van der Waals surface area (Å²) in [6.07, 6.45) is 0. The quantitative estimate of drug-likeness (QED) is 0.154. The zero-order chi connectivity index (χ0) is 40.5. The van der Waals surface area contributed by atoms with Gasteiger partial charge in [0.25, 0.3) is 0 Å². The maximum Gasteiger partial charge on any atom is 0.162 e. The van der Waals surface area contributed by atoms with Crippen molar-refractivity contribution in [3.63, 3.8) is 0 Å². The molecule has 0 saturated carbocycles. The molecule has 9 aromatic carbocycles. The second-order valence-electron chi connectivity index (χ2n) is 15.4. The van der Waals surface area contributed by atoms with Crippen LogP contribution in [0.3, 0.4) is 0 Å². The van der Waals surface area contributed by atoms with Crippen molar-refractivity contribution in [3.8, 4) is 84.0 Å². The van der Waals surface area contributed by atoms with Crippen LogP contribution in [-0.4, -0.2) is 14.5 Å². The fourth-order valence-electron chi connectivity index (χ4n) is 8.59. The number of hydrogen-bond donors (Lipinski definition) is 0. The van der Waals surface area contributed by atoms with Crippen molar-refractivity contribution in [2.45, 2.75) is 0 Å². The van der Waals surface area contributed by atoms with Gasteiger partial charge in [0.05, 0.1) is 16.6 Å². The van der Waals surface area contributed by atoms with Crippen molar-refractivity contribution >= 4 is 21.9 Å². The lowest BCUT2D eigenvalue weighted by molar-refractivity contribution is 1.11. The van der Waals surface area contributed by atoms with E-state index < -0.39 is 0 Å². The third kappa shape index (κ3) is 6.88. The Morgan fingerprint density at radius 2 is 0.672 bits per heavy atom. The van der Waals surface area contributed by atoms with Crippen LogP contribution in [0.5, 0.6) is 0 Å². The Kier molecular flexibility index (Phi) is 9.18. The van der Waals surface area contributed by atoms with Gasteiger partial charge in [-0.3, -0.25) is 4.57 Å². The summed E-state index contributed by atoms with van der Waals surface area (Å²) in [7, 11) is 0. The van der Waals surface area contributed by atoms with E-state index in [2.05, 4.69) is 241 Å². The molecule has 2 heterocycles. The highest BCUT2D eigenvalue weighted by atomic mass is 15.1. The molecule has 0 bridgehead atoms. The predicted octanol–water partition coefficient (Wildman–Crippen LogP) is 15.2. The Hall–Kier alpha value is -8.14. The second-order valence-corrected chi connectivity index (χ2v) is 15.4. The molecule has 0 saturated heterocycles. The van der Waals surface area contributed by atoms with Gasteiger partial charge in [-0.1, -0.05) is 188 Å². The summed E-state index contributed by atoms with van der Waals surface area (Å²) in [4.78, 5) is 10.7. The molecule has 0 atom stereocenters. The van der Waals surface area contributed by atoms with Gasteiger partial charge in [0.15, 0.2) is 5.82 Å². The zero-order valence-corrected chi connectivity index (χ0v) is 33.4. The van der Waals surface area contributed by atoms with Crippen LogP contribution in [0.25, 0.3) is 106 Å². The predicted molar refractivity (Wildman–Crippen MR) is 254 cm³/mol. The molecule has 11 rings (SSSR count). The molecule has 0 spiro atoms. The standard InChI is InChI=1S/C58H39N3/c1-5-17-40(18-6-1)49-37-50(41-19-7-2-8-20-41)39-51(38-49)43-33-31-42(32-34-43)45-23-15-24-46(35-45)47-25-16-26-48(36-47)57-59-56(44-21-9-3-10-22-44)55-53-29-13-14-30-54(53)61(58(55)60-57)52-27-11-4-12-28-52/h1-39H. The van der Waals surface area contributed by atoms with Crippen LogP contribution in [-0.2, 0) is 0 Å². The summed E-state index contributed by atoms with van der Waals surface area (Å²) < 4.78 is 2.27. The van der Waals surface area contributed by atoms with Crippen LogP contribution in [0.4, 0.5) is 0 Å². The van der Waals surface area contributed by atoms with Crippen molar-refractivity contribution in [2.24, 2.45) is 0 Å². The minimum absolute atomic E-state index is 0.687. The van der Waals surface area contributed by atoms with Gasteiger partial charge in [-0.25, -0.2) is 9.97 Å². The lowest BCUT2D eigenvalue weighted by atomic mass is 9.92. The van der Waals surface area contributed by atoms with Gasteiger partial charge in [0.1, 0.15) is 5.65 Å². The average Bonchev–Trinajstić information content (AvgIpc) is 3.69. The van der Waals surface area contributed by atoms with E-state index in [9.17, 15) is 0 Å². The molecule has 11 aromatic rings. The lowest BCUT2D eigenvalue weighted by Gasteiger charge is -2.12. The maximum atomic E-state index is 5.38. The van der Waals surface area contributed by atoms with Crippen molar-refractivity contribution in [1.29, 1.82) is 0 Å². The van der Waals surface area contributed by atoms with E-state index in [1.807, 2.05) is 0 Å². The molecule has 0 aliphatic carbocycles. The highest BCUT2D eigenvalue weighted by Gasteiger charge is 2.21. The van der Waals surface area contributed by atoms with Gasteiger partial charge in [0.2, 0.25) is 0 Å². The Morgan fingerprint density at radius 3 is 1.25 bits per heavy atom. The highest BCUT2D eigenvalue weighted by Crippen LogP contribution is 2.39. The van der Waals surface area contributed by atoms with Crippen LogP contribution < -0.4 is 0 Å². The molecular weight excluding hydrogens is 739 g/mol. The monoisotopic (exact) mass is 777 g/mol. The normalized spacial score (nSPS) is 11.3. The molecule has 0 unspecified atom stereocenters. The van der Waals surface area contributed by atoms with Crippen molar-refractivity contribution in [1.82, 2.24) is 14.5 Å². The molecule has 0 aliphatic rings. The second kappa shape index (κ2) is 15.6.